The number of furan rings is 2. The molecule has 0 aliphatic rings. The molecule has 0 aliphatic heterocycles. The molecule has 37 heavy (non-hydrogen) atoms. The summed E-state index contributed by atoms with van der Waals surface area (Å²) in [6, 6.07) is 17.8. The van der Waals surface area contributed by atoms with Gasteiger partial charge in [-0.2, -0.15) is 0 Å². The molecule has 0 radical (unpaired) electrons. The Balaban J connectivity index is 1.56. The van der Waals surface area contributed by atoms with E-state index >= 15 is 0 Å². The SMILES string of the molecule is CCC[CH2][Sn]([CH2]CCC)([CH2]CCC)[c]1ccc(-c2ccc(-c3ccc(-c4ccc([Si](C)(C)C)s4)o3)s2)o1. The summed E-state index contributed by atoms with van der Waals surface area (Å²) in [6.45, 7) is 14.2. The maximum atomic E-state index is 6.76. The predicted molar refractivity (Wildman–Crippen MR) is 171 cm³/mol. The van der Waals surface area contributed by atoms with Crippen molar-refractivity contribution in [2.24, 2.45) is 0 Å². The summed E-state index contributed by atoms with van der Waals surface area (Å²) in [5.41, 5.74) is 0. The summed E-state index contributed by atoms with van der Waals surface area (Å²) in [4.78, 5) is 3.60. The summed E-state index contributed by atoms with van der Waals surface area (Å²) >= 11 is 1.12. The molecular weight excluding hydrogens is 615 g/mol. The van der Waals surface area contributed by atoms with Crippen molar-refractivity contribution in [1.29, 1.82) is 0 Å². The Labute approximate surface area is 237 Å². The number of hydrogen-bond acceptors (Lipinski definition) is 4. The van der Waals surface area contributed by atoms with E-state index in [1.165, 1.54) is 74.7 Å². The molecule has 0 saturated carbocycles. The van der Waals surface area contributed by atoms with E-state index in [9.17, 15) is 0 Å². The molecule has 0 bridgehead atoms. The fourth-order valence-corrected chi connectivity index (χ4v) is 24.2. The molecule has 0 aromatic carbocycles. The first-order chi connectivity index (χ1) is 17.8. The molecule has 0 fully saturated rings. The zero-order valence-electron chi connectivity index (χ0n) is 23.6. The van der Waals surface area contributed by atoms with Crippen molar-refractivity contribution >= 4 is 57.4 Å². The Morgan fingerprint density at radius 3 is 1.54 bits per heavy atom. The van der Waals surface area contributed by atoms with Crippen molar-refractivity contribution in [3.05, 3.63) is 48.5 Å². The average molecular weight is 660 g/mol. The minimum absolute atomic E-state index is 0.948. The summed E-state index contributed by atoms with van der Waals surface area (Å²) in [7, 11) is -1.30. The van der Waals surface area contributed by atoms with Gasteiger partial charge in [-0.1, -0.05) is 19.6 Å². The van der Waals surface area contributed by atoms with Gasteiger partial charge in [0.05, 0.1) is 8.07 Å². The van der Waals surface area contributed by atoms with E-state index in [2.05, 4.69) is 88.9 Å². The number of unbranched alkanes of at least 4 members (excludes halogenated alkanes) is 3. The first-order valence-electron chi connectivity index (χ1n) is 14.2. The molecule has 4 aromatic rings. The quantitative estimate of drug-likeness (QED) is 0.126. The molecule has 4 rings (SSSR count). The van der Waals surface area contributed by atoms with Crippen LogP contribution in [0.3, 0.4) is 0 Å². The molecule has 0 aliphatic carbocycles. The number of thiophene rings is 2. The molecule has 4 heterocycles. The van der Waals surface area contributed by atoms with Gasteiger partial charge < -0.3 is 0 Å². The normalized spacial score (nSPS) is 12.5. The van der Waals surface area contributed by atoms with Crippen molar-refractivity contribution in [3.8, 4) is 31.9 Å². The molecule has 0 spiro atoms. The number of rotatable bonds is 14. The van der Waals surface area contributed by atoms with Gasteiger partial charge in [-0.25, -0.2) is 0 Å². The summed E-state index contributed by atoms with van der Waals surface area (Å²) in [6.07, 6.45) is 7.92. The number of hydrogen-bond donors (Lipinski definition) is 0. The molecule has 0 saturated heterocycles. The van der Waals surface area contributed by atoms with E-state index in [-0.39, 0.29) is 0 Å². The maximum absolute atomic E-state index is 6.76. The third kappa shape index (κ3) is 6.95. The van der Waals surface area contributed by atoms with Crippen LogP contribution < -0.4 is 8.28 Å². The van der Waals surface area contributed by atoms with Gasteiger partial charge in [0.2, 0.25) is 0 Å². The fourth-order valence-electron chi connectivity index (χ4n) is 5.12. The monoisotopic (exact) mass is 660 g/mol. The molecule has 0 amide bonds. The van der Waals surface area contributed by atoms with E-state index < -0.39 is 26.5 Å². The van der Waals surface area contributed by atoms with Crippen LogP contribution in [0, 0.1) is 0 Å². The molecule has 200 valence electrons. The first-order valence-corrected chi connectivity index (χ1v) is 26.8. The molecule has 2 nitrogen and oxygen atoms in total. The van der Waals surface area contributed by atoms with Crippen LogP contribution in [0.2, 0.25) is 33.0 Å². The zero-order valence-corrected chi connectivity index (χ0v) is 29.1. The van der Waals surface area contributed by atoms with Crippen LogP contribution >= 0.6 is 22.7 Å². The van der Waals surface area contributed by atoms with Crippen molar-refractivity contribution in [3.63, 3.8) is 0 Å². The van der Waals surface area contributed by atoms with Gasteiger partial charge in [-0.15, -0.1) is 0 Å². The van der Waals surface area contributed by atoms with Gasteiger partial charge in [0.15, 0.2) is 0 Å². The summed E-state index contributed by atoms with van der Waals surface area (Å²) in [5.74, 6) is 2.96. The van der Waals surface area contributed by atoms with Crippen LogP contribution in [-0.2, 0) is 0 Å². The third-order valence-electron chi connectivity index (χ3n) is 7.44. The Morgan fingerprint density at radius 2 is 1.05 bits per heavy atom. The summed E-state index contributed by atoms with van der Waals surface area (Å²) in [5, 5.41) is 0. The minimum atomic E-state index is -2.55. The first kappa shape index (κ1) is 29.0. The third-order valence-corrected chi connectivity index (χ3v) is 28.2. The van der Waals surface area contributed by atoms with E-state index in [0.717, 1.165) is 17.3 Å². The molecular formula is C31H44O2S2SiSn. The average Bonchev–Trinajstić information content (AvgIpc) is 3.68. The van der Waals surface area contributed by atoms with Gasteiger partial charge in [-0.05, 0) is 0 Å². The van der Waals surface area contributed by atoms with Crippen molar-refractivity contribution in [1.82, 2.24) is 0 Å². The summed E-state index contributed by atoms with van der Waals surface area (Å²) < 4.78 is 20.3. The molecule has 0 atom stereocenters. The van der Waals surface area contributed by atoms with Crippen LogP contribution in [0.25, 0.3) is 31.9 Å². The topological polar surface area (TPSA) is 26.3 Å². The van der Waals surface area contributed by atoms with E-state index in [1.54, 1.807) is 11.3 Å². The van der Waals surface area contributed by atoms with E-state index in [0.29, 0.717) is 0 Å². The fraction of sp³-hybridized carbons (Fsp3) is 0.484. The Hall–Kier alpha value is -1.02. The standard InChI is InChI=1S/C19H17O2S2Si.3C4H9.Sn/c1-24(2,3)19-11-10-18(23-19)15-7-6-14(21-15)17-9-8-16(22-17)13-5-4-12-20-13;3*1-3-4-2;/h4-11H,1-3H3;3*1,3-4H2,2H3;. The van der Waals surface area contributed by atoms with Crippen LogP contribution in [0.1, 0.15) is 59.3 Å². The van der Waals surface area contributed by atoms with E-state index in [1.807, 2.05) is 11.3 Å². The molecule has 6 heteroatoms. The van der Waals surface area contributed by atoms with Gasteiger partial charge in [0.1, 0.15) is 0 Å². The van der Waals surface area contributed by atoms with Crippen LogP contribution in [0.5, 0.6) is 0 Å². The Morgan fingerprint density at radius 1 is 0.595 bits per heavy atom. The molecule has 0 unspecified atom stereocenters. The van der Waals surface area contributed by atoms with Gasteiger partial charge in [0, 0.05) is 0 Å². The van der Waals surface area contributed by atoms with Crippen LogP contribution in [-0.4, -0.2) is 26.5 Å². The Bertz CT molecular complexity index is 1230. The second-order valence-electron chi connectivity index (χ2n) is 11.5. The Kier molecular flexibility index (Phi) is 10.1. The van der Waals surface area contributed by atoms with E-state index in [4.69, 9.17) is 8.83 Å². The van der Waals surface area contributed by atoms with Crippen molar-refractivity contribution in [2.45, 2.75) is 92.2 Å². The molecule has 0 N–H and O–H groups in total. The van der Waals surface area contributed by atoms with Gasteiger partial charge in [0.25, 0.3) is 0 Å². The second-order valence-corrected chi connectivity index (χ2v) is 32.1. The van der Waals surface area contributed by atoms with Crippen molar-refractivity contribution < 1.29 is 8.83 Å². The van der Waals surface area contributed by atoms with Crippen LogP contribution in [0.4, 0.5) is 0 Å². The van der Waals surface area contributed by atoms with Gasteiger partial charge in [-0.3, -0.25) is 0 Å². The predicted octanol–water partition coefficient (Wildman–Crippen LogP) is 10.6. The second kappa shape index (κ2) is 12.9. The van der Waals surface area contributed by atoms with Crippen LogP contribution in [0.15, 0.2) is 57.4 Å². The zero-order chi connectivity index (χ0) is 26.5. The van der Waals surface area contributed by atoms with Crippen molar-refractivity contribution in [2.75, 3.05) is 0 Å². The van der Waals surface area contributed by atoms with Gasteiger partial charge >= 0.3 is 211 Å². The molecule has 4 aromatic heterocycles.